The lowest BCUT2D eigenvalue weighted by molar-refractivity contribution is -0.138. The van der Waals surface area contributed by atoms with Crippen LogP contribution in [0.2, 0.25) is 0 Å². The van der Waals surface area contributed by atoms with E-state index >= 15 is 0 Å². The predicted octanol–water partition coefficient (Wildman–Crippen LogP) is 1.79. The summed E-state index contributed by atoms with van der Waals surface area (Å²) in [6, 6.07) is 0. The van der Waals surface area contributed by atoms with Gasteiger partial charge in [0.2, 0.25) is 5.91 Å². The van der Waals surface area contributed by atoms with E-state index in [1.165, 1.54) is 20.8 Å². The highest BCUT2D eigenvalue weighted by Crippen LogP contribution is 2.24. The number of carbonyl (C=O) groups is 2. The van der Waals surface area contributed by atoms with Gasteiger partial charge in [0.05, 0.1) is 0 Å². The van der Waals surface area contributed by atoms with Crippen molar-refractivity contribution in [3.8, 4) is 0 Å². The molecule has 6 heteroatoms. The van der Waals surface area contributed by atoms with Gasteiger partial charge in [-0.05, 0) is 0 Å². The molecule has 1 N–H and O–H groups in total. The van der Waals surface area contributed by atoms with E-state index in [1.807, 2.05) is 0 Å². The second kappa shape index (κ2) is 4.04. The zero-order valence-corrected chi connectivity index (χ0v) is 8.66. The van der Waals surface area contributed by atoms with E-state index in [1.54, 1.807) is 5.32 Å². The Labute approximate surface area is 85.3 Å². The third kappa shape index (κ3) is 4.14. The molecular weight excluding hydrogens is 211 g/mol. The first kappa shape index (κ1) is 13.7. The topological polar surface area (TPSA) is 46.2 Å². The second-order valence-corrected chi connectivity index (χ2v) is 4.01. The summed E-state index contributed by atoms with van der Waals surface area (Å²) in [4.78, 5) is 22.1. The third-order valence-electron chi connectivity index (χ3n) is 1.52. The van der Waals surface area contributed by atoms with Gasteiger partial charge in [0.1, 0.15) is 5.57 Å². The van der Waals surface area contributed by atoms with E-state index in [4.69, 9.17) is 0 Å². The van der Waals surface area contributed by atoms with Crippen molar-refractivity contribution in [1.82, 2.24) is 5.32 Å². The number of hydrogen-bond acceptors (Lipinski definition) is 2. The van der Waals surface area contributed by atoms with E-state index in [0.29, 0.717) is 0 Å². The monoisotopic (exact) mass is 223 g/mol. The van der Waals surface area contributed by atoms with Crippen LogP contribution in [0.25, 0.3) is 0 Å². The molecule has 0 spiro atoms. The molecule has 0 radical (unpaired) electrons. The molecule has 0 saturated carbocycles. The summed E-state index contributed by atoms with van der Waals surface area (Å²) in [5, 5.41) is 1.63. The highest BCUT2D eigenvalue weighted by atomic mass is 19.4. The van der Waals surface area contributed by atoms with E-state index in [9.17, 15) is 22.8 Å². The molecule has 0 saturated heterocycles. The smallest absolute Gasteiger partial charge is 0.292 e. The Kier molecular flexibility index (Phi) is 3.68. The average molecular weight is 223 g/mol. The van der Waals surface area contributed by atoms with Crippen LogP contribution in [0.5, 0.6) is 0 Å². The van der Waals surface area contributed by atoms with Crippen LogP contribution in [0.4, 0.5) is 13.2 Å². The number of carbonyl (C=O) groups excluding carboxylic acids is 2. The van der Waals surface area contributed by atoms with Crippen molar-refractivity contribution in [2.45, 2.75) is 26.9 Å². The maximum absolute atomic E-state index is 12.0. The number of amides is 2. The fraction of sp³-hybridized carbons (Fsp3) is 0.556. The first-order chi connectivity index (χ1) is 6.46. The van der Waals surface area contributed by atoms with Gasteiger partial charge in [0.15, 0.2) is 0 Å². The number of hydrogen-bond donors (Lipinski definition) is 1. The van der Waals surface area contributed by atoms with Crippen molar-refractivity contribution in [2.75, 3.05) is 0 Å². The Hall–Kier alpha value is -1.33. The zero-order valence-electron chi connectivity index (χ0n) is 8.66. The molecule has 0 heterocycles. The van der Waals surface area contributed by atoms with Crippen LogP contribution in [0.3, 0.4) is 0 Å². The molecule has 0 aliphatic rings. The maximum Gasteiger partial charge on any atom is 0.421 e. The molecule has 0 aliphatic heterocycles. The normalized spacial score (nSPS) is 12.1. The number of alkyl halides is 3. The molecule has 0 aromatic rings. The molecule has 3 nitrogen and oxygen atoms in total. The van der Waals surface area contributed by atoms with Gasteiger partial charge in [0, 0.05) is 5.41 Å². The standard InChI is InChI=1S/C9H12F3NO2/c1-5(9(10,11)12)6(14)13-7(15)8(2,3)4/h1H2,2-4H3,(H,13,14,15). The third-order valence-corrected chi connectivity index (χ3v) is 1.52. The number of imide groups is 1. The Morgan fingerprint density at radius 1 is 1.13 bits per heavy atom. The SMILES string of the molecule is C=C(C(=O)NC(=O)C(C)(C)C)C(F)(F)F. The van der Waals surface area contributed by atoms with Gasteiger partial charge in [-0.2, -0.15) is 13.2 Å². The highest BCUT2D eigenvalue weighted by molar-refractivity contribution is 6.05. The van der Waals surface area contributed by atoms with Crippen molar-refractivity contribution in [3.05, 3.63) is 12.2 Å². The van der Waals surface area contributed by atoms with Crippen molar-refractivity contribution < 1.29 is 22.8 Å². The average Bonchev–Trinajstić information content (AvgIpc) is 1.99. The Bertz CT molecular complexity index is 299. The minimum atomic E-state index is -4.82. The quantitative estimate of drug-likeness (QED) is 0.689. The largest absolute Gasteiger partial charge is 0.421 e. The predicted molar refractivity (Wildman–Crippen MR) is 47.8 cm³/mol. The summed E-state index contributed by atoms with van der Waals surface area (Å²) in [7, 11) is 0. The molecular formula is C9H12F3NO2. The van der Waals surface area contributed by atoms with Gasteiger partial charge >= 0.3 is 6.18 Å². The number of halogens is 3. The fourth-order valence-electron chi connectivity index (χ4n) is 0.495. The van der Waals surface area contributed by atoms with Crippen LogP contribution in [0.1, 0.15) is 20.8 Å². The van der Waals surface area contributed by atoms with Crippen LogP contribution in [0, 0.1) is 5.41 Å². The maximum atomic E-state index is 12.0. The van der Waals surface area contributed by atoms with E-state index < -0.39 is 29.0 Å². The van der Waals surface area contributed by atoms with E-state index in [2.05, 4.69) is 6.58 Å². The van der Waals surface area contributed by atoms with Crippen LogP contribution in [0.15, 0.2) is 12.2 Å². The molecule has 0 atom stereocenters. The summed E-state index contributed by atoms with van der Waals surface area (Å²) < 4.78 is 35.9. The summed E-state index contributed by atoms with van der Waals surface area (Å²) in [5.41, 5.74) is -2.51. The Morgan fingerprint density at radius 3 is 1.80 bits per heavy atom. The first-order valence-corrected chi connectivity index (χ1v) is 4.08. The Morgan fingerprint density at radius 2 is 1.53 bits per heavy atom. The summed E-state index contributed by atoms with van der Waals surface area (Å²) >= 11 is 0. The van der Waals surface area contributed by atoms with Crippen molar-refractivity contribution in [1.29, 1.82) is 0 Å². The summed E-state index contributed by atoms with van der Waals surface area (Å²) in [6.07, 6.45) is -4.82. The minimum absolute atomic E-state index is 0.780. The summed E-state index contributed by atoms with van der Waals surface area (Å²) in [5.74, 6) is -2.29. The number of nitrogens with one attached hydrogen (secondary N) is 1. The lowest BCUT2D eigenvalue weighted by atomic mass is 9.95. The lowest BCUT2D eigenvalue weighted by Crippen LogP contribution is -2.41. The highest BCUT2D eigenvalue weighted by Gasteiger charge is 2.38. The van der Waals surface area contributed by atoms with Crippen LogP contribution in [-0.2, 0) is 9.59 Å². The molecule has 0 aliphatic carbocycles. The van der Waals surface area contributed by atoms with Gasteiger partial charge in [-0.3, -0.25) is 14.9 Å². The van der Waals surface area contributed by atoms with Gasteiger partial charge < -0.3 is 0 Å². The molecule has 86 valence electrons. The minimum Gasteiger partial charge on any atom is -0.292 e. The molecule has 0 rings (SSSR count). The van der Waals surface area contributed by atoms with E-state index in [0.717, 1.165) is 0 Å². The molecule has 15 heavy (non-hydrogen) atoms. The van der Waals surface area contributed by atoms with Gasteiger partial charge in [-0.15, -0.1) is 0 Å². The fourth-order valence-corrected chi connectivity index (χ4v) is 0.495. The van der Waals surface area contributed by atoms with Crippen LogP contribution < -0.4 is 5.32 Å². The summed E-state index contributed by atoms with van der Waals surface area (Å²) in [6.45, 7) is 7.01. The molecule has 0 aromatic heterocycles. The molecule has 0 fully saturated rings. The molecule has 0 bridgehead atoms. The van der Waals surface area contributed by atoms with Crippen molar-refractivity contribution in [3.63, 3.8) is 0 Å². The molecule has 0 aromatic carbocycles. The van der Waals surface area contributed by atoms with Gasteiger partial charge in [0.25, 0.3) is 5.91 Å². The van der Waals surface area contributed by atoms with Crippen LogP contribution >= 0.6 is 0 Å². The van der Waals surface area contributed by atoms with Crippen molar-refractivity contribution in [2.24, 2.45) is 5.41 Å². The van der Waals surface area contributed by atoms with Crippen LogP contribution in [-0.4, -0.2) is 18.0 Å². The van der Waals surface area contributed by atoms with Crippen molar-refractivity contribution >= 4 is 11.8 Å². The van der Waals surface area contributed by atoms with Gasteiger partial charge in [-0.25, -0.2) is 0 Å². The molecule has 0 unspecified atom stereocenters. The molecule has 2 amide bonds. The van der Waals surface area contributed by atoms with E-state index in [-0.39, 0.29) is 0 Å². The Balaban J connectivity index is 4.54. The van der Waals surface area contributed by atoms with Gasteiger partial charge in [-0.1, -0.05) is 27.4 Å². The first-order valence-electron chi connectivity index (χ1n) is 4.08. The number of rotatable bonds is 1. The zero-order chi connectivity index (χ0) is 12.4. The second-order valence-electron chi connectivity index (χ2n) is 4.01. The lowest BCUT2D eigenvalue weighted by Gasteiger charge is -2.17.